The van der Waals surface area contributed by atoms with Crippen LogP contribution in [-0.4, -0.2) is 39.7 Å². The van der Waals surface area contributed by atoms with Crippen LogP contribution in [-0.2, 0) is 9.59 Å². The van der Waals surface area contributed by atoms with Gasteiger partial charge in [0.25, 0.3) is 0 Å². The van der Waals surface area contributed by atoms with Gasteiger partial charge >= 0.3 is 5.97 Å². The zero-order valence-electron chi connectivity index (χ0n) is 12.9. The first-order valence-corrected chi connectivity index (χ1v) is 8.03. The van der Waals surface area contributed by atoms with Gasteiger partial charge in [0, 0.05) is 17.7 Å². The van der Waals surface area contributed by atoms with Crippen LogP contribution < -0.4 is 15.7 Å². The van der Waals surface area contributed by atoms with Gasteiger partial charge in [-0.1, -0.05) is 0 Å². The van der Waals surface area contributed by atoms with Crippen LogP contribution in [0.15, 0.2) is 11.3 Å². The Bertz CT molecular complexity index is 567. The van der Waals surface area contributed by atoms with E-state index < -0.39 is 16.8 Å². The van der Waals surface area contributed by atoms with E-state index in [1.54, 1.807) is 0 Å². The number of aliphatic carboxylic acids is 1. The third-order valence-electron chi connectivity index (χ3n) is 3.52. The molecule has 4 radical (unpaired) electrons. The van der Waals surface area contributed by atoms with Gasteiger partial charge < -0.3 is 15.5 Å². The van der Waals surface area contributed by atoms with E-state index >= 15 is 0 Å². The van der Waals surface area contributed by atoms with Gasteiger partial charge in [0.1, 0.15) is 6.04 Å². The number of allylic oxidation sites excluding steroid dienone is 6. The molecule has 1 saturated heterocycles. The van der Waals surface area contributed by atoms with Gasteiger partial charge in [-0.15, -0.1) is 17.5 Å². The number of amides is 1. The van der Waals surface area contributed by atoms with Gasteiger partial charge in [-0.05, 0) is 50.1 Å². The van der Waals surface area contributed by atoms with Crippen molar-refractivity contribution in [1.82, 2.24) is 10.6 Å². The topological polar surface area (TPSA) is 101 Å². The quantitative estimate of drug-likeness (QED) is 0.579. The zero-order valence-corrected chi connectivity index (χ0v) is 13.7. The van der Waals surface area contributed by atoms with Gasteiger partial charge in [0.2, 0.25) is 5.91 Å². The molecule has 6 nitrogen and oxygen atoms in total. The lowest BCUT2D eigenvalue weighted by Crippen LogP contribution is -2.46. The van der Waals surface area contributed by atoms with Gasteiger partial charge in [0.05, 0.1) is 5.37 Å². The monoisotopic (exact) mass is 333 g/mol. The van der Waals surface area contributed by atoms with E-state index in [9.17, 15) is 14.7 Å². The molecule has 0 aromatic heterocycles. The maximum Gasteiger partial charge on any atom is 0.322 e. The fourth-order valence-electron chi connectivity index (χ4n) is 2.33. The fourth-order valence-corrected chi connectivity index (χ4v) is 3.74. The van der Waals surface area contributed by atoms with Crippen LogP contribution in [0.4, 0.5) is 0 Å². The number of rotatable bonds is 6. The molecule has 0 bridgehead atoms. The predicted octanol–water partition coefficient (Wildman–Crippen LogP) is -0.270. The Hall–Kier alpha value is -1.73. The number of nitrogens with one attached hydrogen (secondary N) is 2. The van der Waals surface area contributed by atoms with E-state index in [0.29, 0.717) is 6.54 Å². The summed E-state index contributed by atoms with van der Waals surface area (Å²) < 4.78 is -0.451. The summed E-state index contributed by atoms with van der Waals surface area (Å²) in [5, 5.41) is 26.4. The first kappa shape index (κ1) is 17.6. The summed E-state index contributed by atoms with van der Waals surface area (Å²) in [6, 6.07) is -0.660. The largest absolute Gasteiger partial charge is 0.875 e. The van der Waals surface area contributed by atoms with Crippen LogP contribution in [0.25, 0.3) is 0 Å². The second kappa shape index (κ2) is 7.23. The maximum absolute atomic E-state index is 11.8. The lowest BCUT2D eigenvalue weighted by Gasteiger charge is -2.20. The molecule has 1 amide bonds. The normalized spacial score (nSPS) is 24.9. The lowest BCUT2D eigenvalue weighted by molar-refractivity contribution is -0.307. The van der Waals surface area contributed by atoms with Crippen LogP contribution >= 0.6 is 11.8 Å². The molecule has 1 aliphatic carbocycles. The molecule has 23 heavy (non-hydrogen) atoms. The Morgan fingerprint density at radius 3 is 2.57 bits per heavy atom. The number of hydrogen-bond donors (Lipinski definition) is 3. The highest BCUT2D eigenvalue weighted by Crippen LogP contribution is 2.37. The standard InChI is InChI=1S/C16H18N2O4S/c1-16(2)14(15(21)22)18-13(23-16)9-17-12(20)8-7-11(19)10-5-3-4-6-10/h13-14,18-19H,7-9H2,1-2H3,(H,17,20)(H,21,22)/p-1/t13-,14+/m1/s1. The van der Waals surface area contributed by atoms with E-state index in [1.807, 2.05) is 13.8 Å². The third-order valence-corrected chi connectivity index (χ3v) is 4.95. The smallest absolute Gasteiger partial charge is 0.322 e. The average Bonchev–Trinajstić information content (AvgIpc) is 3.09. The SMILES string of the molecule is CC1(C)S[C@H](CNC(=O)CCC([O-])=C2[C]=[C][C]=[C]2)N[C@H]1C(=O)O. The molecule has 1 aliphatic heterocycles. The lowest BCUT2D eigenvalue weighted by atomic mass is 10.0. The second-order valence-electron chi connectivity index (χ2n) is 5.75. The highest BCUT2D eigenvalue weighted by Gasteiger charge is 2.44. The Balaban J connectivity index is 1.75. The Morgan fingerprint density at radius 1 is 1.35 bits per heavy atom. The molecule has 2 rings (SSSR count). The number of carboxylic acids is 1. The van der Waals surface area contributed by atoms with Crippen molar-refractivity contribution in [3.63, 3.8) is 0 Å². The summed E-state index contributed by atoms with van der Waals surface area (Å²) in [6.07, 6.45) is 10.3. The molecule has 1 heterocycles. The summed E-state index contributed by atoms with van der Waals surface area (Å²) in [7, 11) is 0. The third kappa shape index (κ3) is 4.62. The Labute approximate surface area is 139 Å². The number of carbonyl (C=O) groups is 2. The molecule has 7 heteroatoms. The predicted molar refractivity (Wildman–Crippen MR) is 82.3 cm³/mol. The first-order valence-electron chi connectivity index (χ1n) is 7.15. The van der Waals surface area contributed by atoms with Crippen molar-refractivity contribution in [3.8, 4) is 0 Å². The molecule has 2 aliphatic rings. The summed E-state index contributed by atoms with van der Waals surface area (Å²) in [5.74, 6) is -1.38. The molecule has 3 N–H and O–H groups in total. The summed E-state index contributed by atoms with van der Waals surface area (Å²) in [6.45, 7) is 4.01. The Morgan fingerprint density at radius 2 is 2.00 bits per heavy atom. The van der Waals surface area contributed by atoms with E-state index in [2.05, 4.69) is 34.9 Å². The van der Waals surface area contributed by atoms with Crippen LogP contribution in [0.3, 0.4) is 0 Å². The molecule has 0 spiro atoms. The molecule has 1 fully saturated rings. The van der Waals surface area contributed by atoms with Crippen LogP contribution in [0.2, 0.25) is 0 Å². The number of carbonyl (C=O) groups excluding carboxylic acids is 1. The van der Waals surface area contributed by atoms with Crippen LogP contribution in [0.5, 0.6) is 0 Å². The van der Waals surface area contributed by atoms with E-state index in [0.717, 1.165) is 0 Å². The maximum atomic E-state index is 11.8. The second-order valence-corrected chi connectivity index (χ2v) is 7.61. The molecule has 0 unspecified atom stereocenters. The van der Waals surface area contributed by atoms with Gasteiger partial charge in [-0.3, -0.25) is 14.9 Å². The first-order chi connectivity index (χ1) is 10.8. The van der Waals surface area contributed by atoms with Crippen molar-refractivity contribution in [1.29, 1.82) is 0 Å². The summed E-state index contributed by atoms with van der Waals surface area (Å²) >= 11 is 1.48. The Kier molecular flexibility index (Phi) is 5.54. The average molecular weight is 333 g/mol. The summed E-state index contributed by atoms with van der Waals surface area (Å²) in [5.41, 5.74) is 0.261. The fraction of sp³-hybridized carbons (Fsp3) is 0.500. The minimum Gasteiger partial charge on any atom is -0.875 e. The number of carboxylic acid groups (broad SMARTS) is 1. The molecule has 0 saturated carbocycles. The van der Waals surface area contributed by atoms with Crippen molar-refractivity contribution in [3.05, 3.63) is 35.6 Å². The minimum absolute atomic E-state index is 0.0643. The van der Waals surface area contributed by atoms with Gasteiger partial charge in [-0.2, -0.15) is 0 Å². The number of hydrogen-bond acceptors (Lipinski definition) is 5. The molecular weight excluding hydrogens is 316 g/mol. The van der Waals surface area contributed by atoms with Crippen LogP contribution in [0.1, 0.15) is 26.7 Å². The van der Waals surface area contributed by atoms with E-state index in [4.69, 9.17) is 5.11 Å². The van der Waals surface area contributed by atoms with Crippen molar-refractivity contribution < 1.29 is 19.8 Å². The molecule has 2 atom stereocenters. The van der Waals surface area contributed by atoms with E-state index in [-0.39, 0.29) is 35.5 Å². The molecular formula is C16H17N2O4S-. The van der Waals surface area contributed by atoms with Crippen molar-refractivity contribution in [2.45, 2.75) is 42.9 Å². The zero-order chi connectivity index (χ0) is 17.0. The van der Waals surface area contributed by atoms with Gasteiger partial charge in [0.15, 0.2) is 0 Å². The van der Waals surface area contributed by atoms with Gasteiger partial charge in [-0.25, -0.2) is 0 Å². The highest BCUT2D eigenvalue weighted by molar-refractivity contribution is 8.01. The summed E-state index contributed by atoms with van der Waals surface area (Å²) in [4.78, 5) is 23.0. The van der Waals surface area contributed by atoms with Crippen molar-refractivity contribution >= 4 is 23.6 Å². The van der Waals surface area contributed by atoms with Crippen molar-refractivity contribution in [2.24, 2.45) is 0 Å². The van der Waals surface area contributed by atoms with Crippen molar-refractivity contribution in [2.75, 3.05) is 6.54 Å². The number of thioether (sulfide) groups is 1. The molecule has 0 aromatic carbocycles. The minimum atomic E-state index is -0.905. The molecule has 122 valence electrons. The highest BCUT2D eigenvalue weighted by atomic mass is 32.2. The van der Waals surface area contributed by atoms with Crippen LogP contribution in [0, 0.1) is 24.3 Å². The van der Waals surface area contributed by atoms with E-state index in [1.165, 1.54) is 11.8 Å². The molecule has 0 aromatic rings.